The number of hydrogen-bond acceptors (Lipinski definition) is 2. The minimum absolute atomic E-state index is 0.260. The Morgan fingerprint density at radius 1 is 0.913 bits per heavy atom. The van der Waals surface area contributed by atoms with Crippen molar-refractivity contribution in [2.24, 2.45) is 0 Å². The van der Waals surface area contributed by atoms with Crippen molar-refractivity contribution in [1.82, 2.24) is 0 Å². The Hall–Kier alpha value is -1.55. The molecule has 0 amide bonds. The van der Waals surface area contributed by atoms with Crippen molar-refractivity contribution in [3.05, 3.63) is 77.9 Å². The van der Waals surface area contributed by atoms with Gasteiger partial charge in [-0.3, -0.25) is 0 Å². The van der Waals surface area contributed by atoms with E-state index in [0.29, 0.717) is 5.57 Å². The van der Waals surface area contributed by atoms with Crippen molar-refractivity contribution in [2.75, 3.05) is 6.26 Å². The lowest BCUT2D eigenvalue weighted by Crippen LogP contribution is -2.30. The SMILES string of the molecule is C=C1C(c2ccccc2)=C(c2ccc(S(C)(=O)=O)cc2)C1(Cl)Cl. The highest BCUT2D eigenvalue weighted by atomic mass is 35.5. The van der Waals surface area contributed by atoms with Gasteiger partial charge in [0, 0.05) is 11.8 Å². The van der Waals surface area contributed by atoms with Crippen LogP contribution in [0.5, 0.6) is 0 Å². The molecule has 5 heteroatoms. The van der Waals surface area contributed by atoms with Gasteiger partial charge < -0.3 is 0 Å². The number of benzene rings is 2. The van der Waals surface area contributed by atoms with Crippen molar-refractivity contribution in [3.8, 4) is 0 Å². The Morgan fingerprint density at radius 3 is 2.00 bits per heavy atom. The second-order valence-electron chi connectivity index (χ2n) is 5.47. The third-order valence-electron chi connectivity index (χ3n) is 3.88. The molecule has 1 aliphatic rings. The molecule has 0 aliphatic heterocycles. The number of alkyl halides is 2. The minimum atomic E-state index is -3.24. The smallest absolute Gasteiger partial charge is 0.175 e. The average Bonchev–Trinajstić information content (AvgIpc) is 2.52. The normalized spacial score (nSPS) is 17.1. The fraction of sp³-hybridized carbons (Fsp3) is 0.111. The molecular formula is C18H14Cl2O2S. The van der Waals surface area contributed by atoms with E-state index in [2.05, 4.69) is 6.58 Å². The fourth-order valence-corrected chi connectivity index (χ4v) is 3.90. The third-order valence-corrected chi connectivity index (χ3v) is 5.84. The quantitative estimate of drug-likeness (QED) is 0.736. The van der Waals surface area contributed by atoms with E-state index >= 15 is 0 Å². The van der Waals surface area contributed by atoms with Crippen molar-refractivity contribution in [1.29, 1.82) is 0 Å². The lowest BCUT2D eigenvalue weighted by Gasteiger charge is -2.39. The van der Waals surface area contributed by atoms with Crippen LogP contribution >= 0.6 is 23.2 Å². The summed E-state index contributed by atoms with van der Waals surface area (Å²) in [6, 6.07) is 16.3. The molecule has 23 heavy (non-hydrogen) atoms. The number of halogens is 2. The van der Waals surface area contributed by atoms with Gasteiger partial charge in [-0.05, 0) is 34.4 Å². The van der Waals surface area contributed by atoms with Crippen LogP contribution in [0.15, 0.2) is 71.6 Å². The molecule has 0 unspecified atom stereocenters. The summed E-state index contributed by atoms with van der Waals surface area (Å²) in [5, 5.41) is 0. The van der Waals surface area contributed by atoms with Crippen molar-refractivity contribution < 1.29 is 8.42 Å². The highest BCUT2D eigenvalue weighted by molar-refractivity contribution is 7.90. The van der Waals surface area contributed by atoms with Gasteiger partial charge in [-0.15, -0.1) is 0 Å². The summed E-state index contributed by atoms with van der Waals surface area (Å²) in [5.41, 5.74) is 4.07. The van der Waals surface area contributed by atoms with E-state index in [-0.39, 0.29) is 4.90 Å². The zero-order valence-corrected chi connectivity index (χ0v) is 14.7. The van der Waals surface area contributed by atoms with E-state index in [1.165, 1.54) is 6.26 Å². The Balaban J connectivity index is 2.15. The first kappa shape index (κ1) is 16.3. The molecule has 1 aliphatic carbocycles. The summed E-state index contributed by atoms with van der Waals surface area (Å²) >= 11 is 12.8. The molecule has 0 fully saturated rings. The highest BCUT2D eigenvalue weighted by Gasteiger charge is 2.46. The lowest BCUT2D eigenvalue weighted by atomic mass is 9.75. The van der Waals surface area contributed by atoms with Gasteiger partial charge >= 0.3 is 0 Å². The van der Waals surface area contributed by atoms with Crippen LogP contribution in [0, 0.1) is 0 Å². The van der Waals surface area contributed by atoms with Gasteiger partial charge in [0.2, 0.25) is 0 Å². The standard InChI is InChI=1S/C18H14Cl2O2S/c1-12-16(13-6-4-3-5-7-13)17(18(12,19)20)14-8-10-15(11-9-14)23(2,21)22/h3-11H,1H2,2H3. The molecule has 0 saturated heterocycles. The summed E-state index contributed by atoms with van der Waals surface area (Å²) in [5.74, 6) is 0. The van der Waals surface area contributed by atoms with Gasteiger partial charge in [-0.2, -0.15) is 0 Å². The average molecular weight is 365 g/mol. The molecule has 2 nitrogen and oxygen atoms in total. The van der Waals surface area contributed by atoms with E-state index < -0.39 is 14.2 Å². The van der Waals surface area contributed by atoms with Crippen LogP contribution in [0.1, 0.15) is 11.1 Å². The zero-order chi connectivity index (χ0) is 16.8. The molecule has 118 valence electrons. The van der Waals surface area contributed by atoms with E-state index in [1.807, 2.05) is 30.3 Å². The molecule has 2 aromatic rings. The van der Waals surface area contributed by atoms with Gasteiger partial charge in [-0.1, -0.05) is 72.2 Å². The fourth-order valence-electron chi connectivity index (χ4n) is 2.67. The molecule has 0 atom stereocenters. The van der Waals surface area contributed by atoms with Gasteiger partial charge in [0.25, 0.3) is 0 Å². The molecule has 0 saturated carbocycles. The van der Waals surface area contributed by atoms with E-state index in [4.69, 9.17) is 23.2 Å². The van der Waals surface area contributed by atoms with Gasteiger partial charge in [0.15, 0.2) is 14.2 Å². The van der Waals surface area contributed by atoms with E-state index in [9.17, 15) is 8.42 Å². The maximum absolute atomic E-state index is 11.6. The van der Waals surface area contributed by atoms with Crippen LogP contribution in [-0.4, -0.2) is 19.0 Å². The Labute approximate surface area is 146 Å². The third kappa shape index (κ3) is 2.74. The predicted octanol–water partition coefficient (Wildman–Crippen LogP) is 4.74. The Morgan fingerprint density at radius 2 is 1.48 bits per heavy atom. The first-order valence-electron chi connectivity index (χ1n) is 6.91. The summed E-state index contributed by atoms with van der Waals surface area (Å²) in [4.78, 5) is 0.260. The van der Waals surface area contributed by atoms with Gasteiger partial charge in [-0.25, -0.2) is 8.42 Å². The van der Waals surface area contributed by atoms with Crippen LogP contribution in [-0.2, 0) is 9.84 Å². The molecule has 0 heterocycles. The largest absolute Gasteiger partial charge is 0.224 e. The lowest BCUT2D eigenvalue weighted by molar-refractivity contribution is 0.602. The topological polar surface area (TPSA) is 34.1 Å². The minimum Gasteiger partial charge on any atom is -0.224 e. The molecule has 0 N–H and O–H groups in total. The Bertz CT molecular complexity index is 909. The summed E-state index contributed by atoms with van der Waals surface area (Å²) < 4.78 is 22.0. The molecular weight excluding hydrogens is 351 g/mol. The van der Waals surface area contributed by atoms with E-state index in [0.717, 1.165) is 22.3 Å². The first-order chi connectivity index (χ1) is 10.7. The molecule has 3 rings (SSSR count). The van der Waals surface area contributed by atoms with Crippen LogP contribution in [0.3, 0.4) is 0 Å². The second kappa shape index (κ2) is 5.52. The molecule has 0 bridgehead atoms. The van der Waals surface area contributed by atoms with E-state index in [1.54, 1.807) is 24.3 Å². The molecule has 0 aromatic heterocycles. The number of rotatable bonds is 3. The van der Waals surface area contributed by atoms with Crippen LogP contribution in [0.25, 0.3) is 11.1 Å². The van der Waals surface area contributed by atoms with Crippen molar-refractivity contribution in [2.45, 2.75) is 9.23 Å². The van der Waals surface area contributed by atoms with Gasteiger partial charge in [0.1, 0.15) is 0 Å². The van der Waals surface area contributed by atoms with Crippen LogP contribution in [0.4, 0.5) is 0 Å². The van der Waals surface area contributed by atoms with Crippen molar-refractivity contribution in [3.63, 3.8) is 0 Å². The predicted molar refractivity (Wildman–Crippen MR) is 96.4 cm³/mol. The number of allylic oxidation sites excluding steroid dienone is 3. The number of sulfone groups is 1. The zero-order valence-electron chi connectivity index (χ0n) is 12.4. The molecule has 2 aromatic carbocycles. The Kier molecular flexibility index (Phi) is 3.91. The highest BCUT2D eigenvalue weighted by Crippen LogP contribution is 2.59. The monoisotopic (exact) mass is 364 g/mol. The first-order valence-corrected chi connectivity index (χ1v) is 9.56. The maximum Gasteiger partial charge on any atom is 0.175 e. The summed E-state index contributed by atoms with van der Waals surface area (Å²) in [6.07, 6.45) is 1.18. The summed E-state index contributed by atoms with van der Waals surface area (Å²) in [6.45, 7) is 3.99. The summed E-state index contributed by atoms with van der Waals surface area (Å²) in [7, 11) is -3.24. The van der Waals surface area contributed by atoms with Crippen molar-refractivity contribution >= 4 is 44.2 Å². The second-order valence-corrected chi connectivity index (χ2v) is 8.81. The number of hydrogen-bond donors (Lipinski definition) is 0. The molecule has 0 radical (unpaired) electrons. The van der Waals surface area contributed by atoms with Crippen LogP contribution in [0.2, 0.25) is 0 Å². The molecule has 0 spiro atoms. The maximum atomic E-state index is 11.6. The van der Waals surface area contributed by atoms with Crippen LogP contribution < -0.4 is 0 Å². The van der Waals surface area contributed by atoms with Gasteiger partial charge in [0.05, 0.1) is 4.90 Å².